The van der Waals surface area contributed by atoms with E-state index in [0.29, 0.717) is 0 Å². The zero-order valence-electron chi connectivity index (χ0n) is 10.7. The monoisotopic (exact) mass is 238 g/mol. The van der Waals surface area contributed by atoms with Crippen molar-refractivity contribution in [3.63, 3.8) is 0 Å². The van der Waals surface area contributed by atoms with Gasteiger partial charge in [-0.25, -0.2) is 4.98 Å². The van der Waals surface area contributed by atoms with Gasteiger partial charge in [-0.1, -0.05) is 0 Å². The lowest BCUT2D eigenvalue weighted by Crippen LogP contribution is -2.19. The molecule has 0 saturated heterocycles. The van der Waals surface area contributed by atoms with Gasteiger partial charge in [0.05, 0.1) is 12.3 Å². The van der Waals surface area contributed by atoms with E-state index in [1.807, 2.05) is 6.20 Å². The van der Waals surface area contributed by atoms with Gasteiger partial charge in [0, 0.05) is 32.5 Å². The largest absolute Gasteiger partial charge is 0.446 e. The number of nitrogens with one attached hydrogen (secondary N) is 1. The van der Waals surface area contributed by atoms with Crippen LogP contribution in [0.5, 0.6) is 0 Å². The fraction of sp³-hybridized carbons (Fsp3) is 0.769. The summed E-state index contributed by atoms with van der Waals surface area (Å²) in [6.07, 6.45) is 7.53. The van der Waals surface area contributed by atoms with Gasteiger partial charge >= 0.3 is 0 Å². The molecule has 0 radical (unpaired) electrons. The molecule has 1 aromatic heterocycles. The normalized spacial score (nSPS) is 17.3. The Morgan fingerprint density at radius 1 is 1.53 bits per heavy atom. The molecule has 1 unspecified atom stereocenters. The second-order valence-corrected chi connectivity index (χ2v) is 4.78. The number of methoxy groups -OCH3 is 1. The summed E-state index contributed by atoms with van der Waals surface area (Å²) in [5.41, 5.74) is 0. The van der Waals surface area contributed by atoms with Crippen molar-refractivity contribution in [1.29, 1.82) is 0 Å². The topological polar surface area (TPSA) is 47.3 Å². The van der Waals surface area contributed by atoms with Crippen LogP contribution in [0.25, 0.3) is 0 Å². The Labute approximate surface area is 103 Å². The summed E-state index contributed by atoms with van der Waals surface area (Å²) in [7, 11) is 1.74. The van der Waals surface area contributed by atoms with Crippen LogP contribution < -0.4 is 5.32 Å². The fourth-order valence-corrected chi connectivity index (χ4v) is 1.71. The van der Waals surface area contributed by atoms with Crippen LogP contribution >= 0.6 is 0 Å². The highest BCUT2D eigenvalue weighted by Crippen LogP contribution is 2.18. The first-order chi connectivity index (χ1) is 8.28. The molecule has 1 N–H and O–H groups in total. The van der Waals surface area contributed by atoms with Gasteiger partial charge in [-0.2, -0.15) is 0 Å². The van der Waals surface area contributed by atoms with Crippen LogP contribution in [0.3, 0.4) is 0 Å². The van der Waals surface area contributed by atoms with E-state index in [1.54, 1.807) is 7.11 Å². The fourth-order valence-electron chi connectivity index (χ4n) is 1.71. The van der Waals surface area contributed by atoms with Crippen LogP contribution in [0.2, 0.25) is 0 Å². The lowest BCUT2D eigenvalue weighted by Gasteiger charge is -2.06. The molecule has 1 aromatic rings. The molecule has 17 heavy (non-hydrogen) atoms. The van der Waals surface area contributed by atoms with Crippen molar-refractivity contribution in [2.24, 2.45) is 0 Å². The van der Waals surface area contributed by atoms with E-state index in [1.165, 1.54) is 12.8 Å². The molecule has 0 aliphatic heterocycles. The molecule has 1 atom stereocenters. The summed E-state index contributed by atoms with van der Waals surface area (Å²) in [6.45, 7) is 3.04. The Morgan fingerprint density at radius 2 is 2.35 bits per heavy atom. The van der Waals surface area contributed by atoms with Crippen LogP contribution in [0.15, 0.2) is 10.6 Å². The summed E-state index contributed by atoms with van der Waals surface area (Å²) < 4.78 is 10.9. The average molecular weight is 238 g/mol. The maximum Gasteiger partial charge on any atom is 0.195 e. The molecule has 1 heterocycles. The number of ether oxygens (including phenoxy) is 1. The molecule has 4 nitrogen and oxygen atoms in total. The van der Waals surface area contributed by atoms with E-state index in [9.17, 15) is 0 Å². The maximum absolute atomic E-state index is 5.67. The first kappa shape index (κ1) is 12.6. The summed E-state index contributed by atoms with van der Waals surface area (Å²) >= 11 is 0. The molecule has 0 bridgehead atoms. The van der Waals surface area contributed by atoms with E-state index < -0.39 is 0 Å². The Kier molecular flexibility index (Phi) is 4.57. The molecule has 1 aliphatic carbocycles. The average Bonchev–Trinajstić information content (AvgIpc) is 3.05. The lowest BCUT2D eigenvalue weighted by atomic mass is 10.2. The van der Waals surface area contributed by atoms with E-state index in [-0.39, 0.29) is 6.10 Å². The maximum atomic E-state index is 5.67. The minimum absolute atomic E-state index is 0.278. The Hall–Kier alpha value is -0.870. The van der Waals surface area contributed by atoms with Crippen molar-refractivity contribution >= 4 is 0 Å². The molecule has 0 spiro atoms. The van der Waals surface area contributed by atoms with Crippen LogP contribution in [-0.2, 0) is 17.6 Å². The Balaban J connectivity index is 1.67. The molecule has 0 amide bonds. The van der Waals surface area contributed by atoms with Gasteiger partial charge in [0.1, 0.15) is 5.76 Å². The van der Waals surface area contributed by atoms with Crippen LogP contribution in [0, 0.1) is 0 Å². The number of hydrogen-bond acceptors (Lipinski definition) is 4. The van der Waals surface area contributed by atoms with Gasteiger partial charge in [0.15, 0.2) is 5.89 Å². The molecule has 0 aromatic carbocycles. The number of hydrogen-bond donors (Lipinski definition) is 1. The van der Waals surface area contributed by atoms with Crippen molar-refractivity contribution in [2.75, 3.05) is 13.7 Å². The van der Waals surface area contributed by atoms with Crippen molar-refractivity contribution in [3.05, 3.63) is 17.8 Å². The third-order valence-electron chi connectivity index (χ3n) is 3.15. The van der Waals surface area contributed by atoms with Crippen LogP contribution in [-0.4, -0.2) is 30.8 Å². The van der Waals surface area contributed by atoms with Crippen LogP contribution in [0.4, 0.5) is 0 Å². The first-order valence-electron chi connectivity index (χ1n) is 6.47. The quantitative estimate of drug-likeness (QED) is 0.752. The van der Waals surface area contributed by atoms with Crippen molar-refractivity contribution in [1.82, 2.24) is 10.3 Å². The van der Waals surface area contributed by atoms with Crippen molar-refractivity contribution in [3.8, 4) is 0 Å². The second-order valence-electron chi connectivity index (χ2n) is 4.78. The van der Waals surface area contributed by atoms with E-state index >= 15 is 0 Å². The van der Waals surface area contributed by atoms with Gasteiger partial charge in [-0.3, -0.25) is 0 Å². The second kappa shape index (κ2) is 6.17. The van der Waals surface area contributed by atoms with Crippen molar-refractivity contribution in [2.45, 2.75) is 51.2 Å². The Bertz CT molecular complexity index is 334. The first-order valence-corrected chi connectivity index (χ1v) is 6.47. The zero-order valence-corrected chi connectivity index (χ0v) is 10.7. The molecular weight excluding hydrogens is 216 g/mol. The van der Waals surface area contributed by atoms with Gasteiger partial charge in [0.2, 0.25) is 0 Å². The molecule has 1 aliphatic rings. The lowest BCUT2D eigenvalue weighted by molar-refractivity contribution is 0.110. The number of rotatable bonds is 8. The van der Waals surface area contributed by atoms with Crippen LogP contribution in [0.1, 0.15) is 37.8 Å². The molecular formula is C13H22N2O2. The summed E-state index contributed by atoms with van der Waals surface area (Å²) in [6, 6.07) is 0.756. The SMILES string of the molecule is COC(C)CCc1cnc(CCNC2CC2)o1. The number of oxazole rings is 1. The third kappa shape index (κ3) is 4.48. The van der Waals surface area contributed by atoms with Gasteiger partial charge in [-0.05, 0) is 26.2 Å². The Morgan fingerprint density at radius 3 is 3.06 bits per heavy atom. The molecule has 2 rings (SSSR count). The number of nitrogens with zero attached hydrogens (tertiary/aromatic N) is 1. The highest BCUT2D eigenvalue weighted by atomic mass is 16.5. The molecule has 1 fully saturated rings. The minimum atomic E-state index is 0.278. The highest BCUT2D eigenvalue weighted by Gasteiger charge is 2.19. The summed E-state index contributed by atoms with van der Waals surface area (Å²) in [5.74, 6) is 1.81. The predicted octanol–water partition coefficient (Wildman–Crippen LogP) is 1.94. The molecule has 4 heteroatoms. The smallest absolute Gasteiger partial charge is 0.195 e. The van der Waals surface area contributed by atoms with Gasteiger partial charge in [0.25, 0.3) is 0 Å². The molecule has 96 valence electrons. The van der Waals surface area contributed by atoms with Gasteiger partial charge in [-0.15, -0.1) is 0 Å². The van der Waals surface area contributed by atoms with E-state index in [0.717, 1.165) is 43.5 Å². The highest BCUT2D eigenvalue weighted by molar-refractivity contribution is 4.95. The predicted molar refractivity (Wildman–Crippen MR) is 66.0 cm³/mol. The number of aromatic nitrogens is 1. The minimum Gasteiger partial charge on any atom is -0.446 e. The van der Waals surface area contributed by atoms with E-state index in [4.69, 9.17) is 9.15 Å². The standard InChI is InChI=1S/C13H22N2O2/c1-10(16-2)3-6-12-9-15-13(17-12)7-8-14-11-4-5-11/h9-11,14H,3-8H2,1-2H3. The third-order valence-corrected chi connectivity index (χ3v) is 3.15. The zero-order chi connectivity index (χ0) is 12.1. The summed E-state index contributed by atoms with van der Waals surface area (Å²) in [4.78, 5) is 4.29. The van der Waals surface area contributed by atoms with Gasteiger partial charge < -0.3 is 14.5 Å². The van der Waals surface area contributed by atoms with Crippen molar-refractivity contribution < 1.29 is 9.15 Å². The van der Waals surface area contributed by atoms with E-state index in [2.05, 4.69) is 17.2 Å². The summed E-state index contributed by atoms with van der Waals surface area (Å²) in [5, 5.41) is 3.45. The molecule has 1 saturated carbocycles. The number of aryl methyl sites for hydroxylation is 1.